The molecule has 0 fully saturated rings. The van der Waals surface area contributed by atoms with Gasteiger partial charge in [-0.3, -0.25) is 9.48 Å². The topological polar surface area (TPSA) is 70.7 Å². The monoisotopic (exact) mass is 272 g/mol. The van der Waals surface area contributed by atoms with E-state index in [2.05, 4.69) is 10.4 Å². The average Bonchev–Trinajstić information content (AvgIpc) is 2.79. The van der Waals surface area contributed by atoms with Crippen LogP contribution >= 0.6 is 11.8 Å². The third-order valence-electron chi connectivity index (χ3n) is 2.64. The molecule has 0 unspecified atom stereocenters. The van der Waals surface area contributed by atoms with Crippen molar-refractivity contribution >= 4 is 23.5 Å². The number of aromatic nitrogens is 2. The highest BCUT2D eigenvalue weighted by atomic mass is 32.2. The molecule has 0 saturated carbocycles. The zero-order chi connectivity index (χ0) is 13.8. The molecule has 19 heavy (non-hydrogen) atoms. The van der Waals surface area contributed by atoms with E-state index in [4.69, 9.17) is 5.26 Å². The summed E-state index contributed by atoms with van der Waals surface area (Å²) in [4.78, 5) is 13.1. The van der Waals surface area contributed by atoms with Crippen LogP contribution in [0.1, 0.15) is 15.9 Å². The van der Waals surface area contributed by atoms with Crippen molar-refractivity contribution < 1.29 is 4.79 Å². The van der Waals surface area contributed by atoms with Gasteiger partial charge in [-0.2, -0.15) is 10.4 Å². The van der Waals surface area contributed by atoms with Gasteiger partial charge >= 0.3 is 0 Å². The van der Waals surface area contributed by atoms with Gasteiger partial charge in [-0.05, 0) is 18.4 Å². The van der Waals surface area contributed by atoms with Crippen LogP contribution in [0.5, 0.6) is 0 Å². The molecule has 0 aliphatic heterocycles. The molecule has 1 heterocycles. The Hall–Kier alpha value is -2.26. The van der Waals surface area contributed by atoms with Crippen LogP contribution in [0, 0.1) is 11.3 Å². The molecule has 0 aliphatic carbocycles. The third kappa shape index (κ3) is 2.61. The Morgan fingerprint density at radius 2 is 2.21 bits per heavy atom. The summed E-state index contributed by atoms with van der Waals surface area (Å²) in [7, 11) is 1.68. The van der Waals surface area contributed by atoms with Crippen LogP contribution in [0.3, 0.4) is 0 Å². The van der Waals surface area contributed by atoms with Crippen molar-refractivity contribution in [2.75, 3.05) is 11.6 Å². The first-order chi connectivity index (χ1) is 9.17. The number of amides is 1. The minimum Gasteiger partial charge on any atom is -0.306 e. The van der Waals surface area contributed by atoms with Gasteiger partial charge in [0.2, 0.25) is 0 Å². The maximum absolute atomic E-state index is 12.2. The van der Waals surface area contributed by atoms with E-state index in [1.54, 1.807) is 13.1 Å². The van der Waals surface area contributed by atoms with Crippen LogP contribution in [0.25, 0.3) is 0 Å². The first kappa shape index (κ1) is 13.2. The van der Waals surface area contributed by atoms with E-state index in [9.17, 15) is 4.79 Å². The molecule has 2 aromatic rings. The number of carbonyl (C=O) groups excluding carboxylic acids is 1. The molecule has 0 atom stereocenters. The second kappa shape index (κ2) is 5.59. The quantitative estimate of drug-likeness (QED) is 0.870. The number of thioether (sulfide) groups is 1. The van der Waals surface area contributed by atoms with Gasteiger partial charge in [-0.1, -0.05) is 12.1 Å². The maximum atomic E-state index is 12.2. The summed E-state index contributed by atoms with van der Waals surface area (Å²) in [5, 5.41) is 15.6. The average molecular weight is 272 g/mol. The van der Waals surface area contributed by atoms with E-state index < -0.39 is 0 Å². The number of nitriles is 1. The molecule has 1 aromatic carbocycles. The van der Waals surface area contributed by atoms with Crippen molar-refractivity contribution in [1.29, 1.82) is 5.26 Å². The number of hydrogen-bond acceptors (Lipinski definition) is 4. The molecular formula is C13H12N4OS. The highest BCUT2D eigenvalue weighted by Gasteiger charge is 2.15. The van der Waals surface area contributed by atoms with Crippen molar-refractivity contribution in [1.82, 2.24) is 9.78 Å². The van der Waals surface area contributed by atoms with Crippen LogP contribution in [-0.2, 0) is 7.05 Å². The minimum absolute atomic E-state index is 0.245. The largest absolute Gasteiger partial charge is 0.306 e. The van der Waals surface area contributed by atoms with Gasteiger partial charge in [-0.15, -0.1) is 11.8 Å². The lowest BCUT2D eigenvalue weighted by Gasteiger charge is -2.08. The molecule has 6 heteroatoms. The number of hydrogen-bond donors (Lipinski definition) is 1. The molecule has 5 nitrogen and oxygen atoms in total. The number of benzene rings is 1. The highest BCUT2D eigenvalue weighted by Crippen LogP contribution is 2.21. The van der Waals surface area contributed by atoms with Gasteiger partial charge < -0.3 is 5.32 Å². The first-order valence-electron chi connectivity index (χ1n) is 5.54. The lowest BCUT2D eigenvalue weighted by atomic mass is 10.2. The Labute approximate surface area is 115 Å². The summed E-state index contributed by atoms with van der Waals surface area (Å²) in [5.74, 6) is 0.161. The summed E-state index contributed by atoms with van der Waals surface area (Å²) in [6.45, 7) is 0. The van der Waals surface area contributed by atoms with Crippen LogP contribution < -0.4 is 5.32 Å². The van der Waals surface area contributed by atoms with Gasteiger partial charge in [0.1, 0.15) is 17.5 Å². The van der Waals surface area contributed by atoms with Crippen LogP contribution in [0.2, 0.25) is 0 Å². The lowest BCUT2D eigenvalue weighted by Crippen LogP contribution is -2.16. The van der Waals surface area contributed by atoms with Crippen molar-refractivity contribution in [3.05, 3.63) is 41.6 Å². The molecular weight excluding hydrogens is 260 g/mol. The minimum atomic E-state index is -0.245. The fourth-order valence-electron chi connectivity index (χ4n) is 1.67. The van der Waals surface area contributed by atoms with Gasteiger partial charge in [0.25, 0.3) is 5.91 Å². The number of nitrogens with zero attached hydrogens (tertiary/aromatic N) is 3. The van der Waals surface area contributed by atoms with Crippen LogP contribution in [0.15, 0.2) is 35.4 Å². The van der Waals surface area contributed by atoms with Crippen molar-refractivity contribution in [3.63, 3.8) is 0 Å². The highest BCUT2D eigenvalue weighted by molar-refractivity contribution is 7.98. The van der Waals surface area contributed by atoms with Gasteiger partial charge in [-0.25, -0.2) is 0 Å². The number of aryl methyl sites for hydroxylation is 1. The fraction of sp³-hybridized carbons (Fsp3) is 0.154. The fourth-order valence-corrected chi connectivity index (χ4v) is 2.27. The van der Waals surface area contributed by atoms with Gasteiger partial charge in [0.05, 0.1) is 11.8 Å². The number of rotatable bonds is 3. The molecule has 96 valence electrons. The predicted octanol–water partition coefficient (Wildman–Crippen LogP) is 2.27. The zero-order valence-electron chi connectivity index (χ0n) is 10.5. The molecule has 0 bridgehead atoms. The molecule has 1 N–H and O–H groups in total. The smallest absolute Gasteiger partial charge is 0.257 e. The lowest BCUT2D eigenvalue weighted by molar-refractivity contribution is 0.102. The summed E-state index contributed by atoms with van der Waals surface area (Å²) < 4.78 is 1.47. The van der Waals surface area contributed by atoms with E-state index in [0.29, 0.717) is 16.9 Å². The Balaban J connectivity index is 2.31. The second-order valence-electron chi connectivity index (χ2n) is 3.80. The number of nitrogens with one attached hydrogen (secondary N) is 1. The Bertz CT molecular complexity index is 657. The SMILES string of the molecule is CSc1ccccc1C(=O)Nc1c(C#N)cnn1C. The molecule has 0 radical (unpaired) electrons. The maximum Gasteiger partial charge on any atom is 0.257 e. The number of anilines is 1. The van der Waals surface area contributed by atoms with E-state index in [-0.39, 0.29) is 5.91 Å². The molecule has 1 amide bonds. The third-order valence-corrected chi connectivity index (χ3v) is 3.44. The van der Waals surface area contributed by atoms with Crippen molar-refractivity contribution in [2.45, 2.75) is 4.90 Å². The van der Waals surface area contributed by atoms with E-state index in [1.807, 2.05) is 30.5 Å². The van der Waals surface area contributed by atoms with Gasteiger partial charge in [0.15, 0.2) is 0 Å². The molecule has 2 rings (SSSR count). The van der Waals surface area contributed by atoms with E-state index >= 15 is 0 Å². The van der Waals surface area contributed by atoms with Crippen LogP contribution in [0.4, 0.5) is 5.82 Å². The molecule has 0 aliphatic rings. The molecule has 0 spiro atoms. The molecule has 1 aromatic heterocycles. The Morgan fingerprint density at radius 3 is 2.89 bits per heavy atom. The van der Waals surface area contributed by atoms with Gasteiger partial charge in [0, 0.05) is 11.9 Å². The van der Waals surface area contributed by atoms with E-state index in [1.165, 1.54) is 22.6 Å². The number of carbonyl (C=O) groups is 1. The second-order valence-corrected chi connectivity index (χ2v) is 4.64. The summed E-state index contributed by atoms with van der Waals surface area (Å²) >= 11 is 1.50. The zero-order valence-corrected chi connectivity index (χ0v) is 11.4. The summed E-state index contributed by atoms with van der Waals surface area (Å²) in [6, 6.07) is 9.33. The van der Waals surface area contributed by atoms with E-state index in [0.717, 1.165) is 4.90 Å². The van der Waals surface area contributed by atoms with Crippen LogP contribution in [-0.4, -0.2) is 21.9 Å². The Morgan fingerprint density at radius 1 is 1.47 bits per heavy atom. The van der Waals surface area contributed by atoms with Crippen molar-refractivity contribution in [2.24, 2.45) is 7.05 Å². The predicted molar refractivity (Wildman–Crippen MR) is 74.1 cm³/mol. The Kier molecular flexibility index (Phi) is 3.88. The summed E-state index contributed by atoms with van der Waals surface area (Å²) in [6.07, 6.45) is 3.34. The van der Waals surface area contributed by atoms with Crippen molar-refractivity contribution in [3.8, 4) is 6.07 Å². The first-order valence-corrected chi connectivity index (χ1v) is 6.76. The molecule has 0 saturated heterocycles. The normalized spacial score (nSPS) is 9.95. The standard InChI is InChI=1S/C13H12N4OS/c1-17-12(9(7-14)8-15-17)16-13(18)10-5-3-4-6-11(10)19-2/h3-6,8H,1-2H3,(H,16,18). The summed E-state index contributed by atoms with van der Waals surface area (Å²) in [5.41, 5.74) is 0.928.